The molecule has 6 heteroatoms. The minimum absolute atomic E-state index is 0.307. The number of ether oxygens (including phenoxy) is 2. The fraction of sp³-hybridized carbons (Fsp3) is 0.769. The molecule has 0 aliphatic heterocycles. The van der Waals surface area contributed by atoms with Crippen molar-refractivity contribution in [2.75, 3.05) is 33.0 Å². The van der Waals surface area contributed by atoms with Gasteiger partial charge in [0.15, 0.2) is 0 Å². The van der Waals surface area contributed by atoms with Crippen LogP contribution in [0.15, 0.2) is 4.52 Å². The van der Waals surface area contributed by atoms with Crippen LogP contribution in [-0.2, 0) is 16.0 Å². The van der Waals surface area contributed by atoms with Crippen LogP contribution in [0, 0.1) is 13.8 Å². The van der Waals surface area contributed by atoms with Crippen molar-refractivity contribution in [1.82, 2.24) is 10.5 Å². The van der Waals surface area contributed by atoms with Crippen LogP contribution < -0.4 is 5.32 Å². The zero-order valence-corrected chi connectivity index (χ0v) is 11.9. The van der Waals surface area contributed by atoms with Gasteiger partial charge in [-0.3, -0.25) is 0 Å². The largest absolute Gasteiger partial charge is 0.389 e. The van der Waals surface area contributed by atoms with Gasteiger partial charge in [0.1, 0.15) is 5.76 Å². The van der Waals surface area contributed by atoms with E-state index in [1.54, 1.807) is 0 Å². The van der Waals surface area contributed by atoms with E-state index in [1.165, 1.54) is 0 Å². The summed E-state index contributed by atoms with van der Waals surface area (Å²) in [6, 6.07) is 0. The smallest absolute Gasteiger partial charge is 0.138 e. The Balaban J connectivity index is 2.09. The molecule has 0 aromatic carbocycles. The summed E-state index contributed by atoms with van der Waals surface area (Å²) in [6.45, 7) is 8.89. The van der Waals surface area contributed by atoms with Gasteiger partial charge in [-0.2, -0.15) is 0 Å². The summed E-state index contributed by atoms with van der Waals surface area (Å²) >= 11 is 0. The molecular formula is C13H24N2O4. The van der Waals surface area contributed by atoms with E-state index in [-0.39, 0.29) is 0 Å². The van der Waals surface area contributed by atoms with Crippen LogP contribution in [0.2, 0.25) is 0 Å². The number of aromatic nitrogens is 1. The second-order valence-electron chi connectivity index (χ2n) is 4.36. The van der Waals surface area contributed by atoms with E-state index < -0.39 is 6.10 Å². The Hall–Kier alpha value is -0.950. The van der Waals surface area contributed by atoms with Crippen molar-refractivity contribution in [3.8, 4) is 0 Å². The zero-order valence-electron chi connectivity index (χ0n) is 11.9. The average Bonchev–Trinajstić information content (AvgIpc) is 2.70. The van der Waals surface area contributed by atoms with Crippen molar-refractivity contribution in [3.63, 3.8) is 0 Å². The van der Waals surface area contributed by atoms with Crippen LogP contribution in [0.5, 0.6) is 0 Å². The molecule has 19 heavy (non-hydrogen) atoms. The summed E-state index contributed by atoms with van der Waals surface area (Å²) in [5, 5.41) is 16.7. The van der Waals surface area contributed by atoms with E-state index >= 15 is 0 Å². The van der Waals surface area contributed by atoms with E-state index in [2.05, 4.69) is 10.5 Å². The lowest BCUT2D eigenvalue weighted by molar-refractivity contribution is 0.00641. The standard InChI is InChI=1S/C13H24N2O4/c1-4-17-5-6-18-9-12(16)7-14-8-13-10(2)15-19-11(13)3/h12,14,16H,4-9H2,1-3H3. The Morgan fingerprint density at radius 3 is 2.68 bits per heavy atom. The van der Waals surface area contributed by atoms with Gasteiger partial charge in [0.2, 0.25) is 0 Å². The number of aliphatic hydroxyl groups is 1. The van der Waals surface area contributed by atoms with Gasteiger partial charge in [-0.25, -0.2) is 0 Å². The Labute approximate surface area is 114 Å². The number of nitrogens with one attached hydrogen (secondary N) is 1. The molecule has 0 fully saturated rings. The van der Waals surface area contributed by atoms with Crippen molar-refractivity contribution in [2.45, 2.75) is 33.4 Å². The van der Waals surface area contributed by atoms with Crippen molar-refractivity contribution >= 4 is 0 Å². The first-order valence-electron chi connectivity index (χ1n) is 6.61. The monoisotopic (exact) mass is 272 g/mol. The van der Waals surface area contributed by atoms with E-state index in [9.17, 15) is 5.11 Å². The van der Waals surface area contributed by atoms with E-state index in [0.29, 0.717) is 39.5 Å². The first-order valence-corrected chi connectivity index (χ1v) is 6.61. The van der Waals surface area contributed by atoms with Gasteiger partial charge in [-0.1, -0.05) is 5.16 Å². The third-order valence-electron chi connectivity index (χ3n) is 2.75. The fourth-order valence-electron chi connectivity index (χ4n) is 1.66. The quantitative estimate of drug-likeness (QED) is 0.613. The SMILES string of the molecule is CCOCCOCC(O)CNCc1c(C)noc1C. The molecule has 0 radical (unpaired) electrons. The Morgan fingerprint density at radius 2 is 2.05 bits per heavy atom. The van der Waals surface area contributed by atoms with Crippen LogP contribution in [-0.4, -0.2) is 49.3 Å². The summed E-state index contributed by atoms with van der Waals surface area (Å²) in [6.07, 6.45) is -0.526. The minimum atomic E-state index is -0.526. The maximum Gasteiger partial charge on any atom is 0.138 e. The lowest BCUT2D eigenvalue weighted by atomic mass is 10.2. The van der Waals surface area contributed by atoms with Gasteiger partial charge in [-0.15, -0.1) is 0 Å². The van der Waals surface area contributed by atoms with Crippen LogP contribution in [0.25, 0.3) is 0 Å². The molecule has 0 saturated carbocycles. The third kappa shape index (κ3) is 6.15. The molecule has 1 heterocycles. The Morgan fingerprint density at radius 1 is 1.32 bits per heavy atom. The highest BCUT2D eigenvalue weighted by molar-refractivity contribution is 5.20. The Kier molecular flexibility index (Phi) is 7.66. The molecule has 1 aromatic heterocycles. The zero-order chi connectivity index (χ0) is 14.1. The number of rotatable bonds is 10. The molecule has 1 aromatic rings. The minimum Gasteiger partial charge on any atom is -0.389 e. The maximum absolute atomic E-state index is 9.71. The van der Waals surface area contributed by atoms with Crippen LogP contribution in [0.1, 0.15) is 23.9 Å². The molecule has 6 nitrogen and oxygen atoms in total. The van der Waals surface area contributed by atoms with E-state index in [0.717, 1.165) is 17.0 Å². The predicted molar refractivity (Wildman–Crippen MR) is 71.0 cm³/mol. The highest BCUT2D eigenvalue weighted by Crippen LogP contribution is 2.11. The summed E-state index contributed by atoms with van der Waals surface area (Å²) in [4.78, 5) is 0. The molecule has 0 aliphatic carbocycles. The van der Waals surface area contributed by atoms with E-state index in [4.69, 9.17) is 14.0 Å². The van der Waals surface area contributed by atoms with Gasteiger partial charge in [-0.05, 0) is 20.8 Å². The lowest BCUT2D eigenvalue weighted by Crippen LogP contribution is -2.30. The number of hydrogen-bond donors (Lipinski definition) is 2. The first-order chi connectivity index (χ1) is 9.15. The average molecular weight is 272 g/mol. The maximum atomic E-state index is 9.71. The van der Waals surface area contributed by atoms with Crippen molar-refractivity contribution < 1.29 is 19.1 Å². The van der Waals surface area contributed by atoms with Gasteiger partial charge in [0.25, 0.3) is 0 Å². The molecule has 0 amide bonds. The molecule has 110 valence electrons. The van der Waals surface area contributed by atoms with Gasteiger partial charge < -0.3 is 24.4 Å². The molecule has 0 aliphatic rings. The Bertz CT molecular complexity index is 335. The molecule has 0 saturated heterocycles. The molecule has 1 unspecified atom stereocenters. The molecule has 1 atom stereocenters. The molecular weight excluding hydrogens is 248 g/mol. The predicted octanol–water partition coefficient (Wildman–Crippen LogP) is 0.795. The molecule has 0 spiro atoms. The molecule has 1 rings (SSSR count). The topological polar surface area (TPSA) is 76.8 Å². The third-order valence-corrected chi connectivity index (χ3v) is 2.75. The van der Waals surface area contributed by atoms with Gasteiger partial charge in [0, 0.05) is 25.3 Å². The van der Waals surface area contributed by atoms with Gasteiger partial charge in [0.05, 0.1) is 31.6 Å². The second-order valence-corrected chi connectivity index (χ2v) is 4.36. The number of nitrogens with zero attached hydrogens (tertiary/aromatic N) is 1. The molecule has 2 N–H and O–H groups in total. The summed E-state index contributed by atoms with van der Waals surface area (Å²) in [7, 11) is 0. The van der Waals surface area contributed by atoms with Crippen molar-refractivity contribution in [2.24, 2.45) is 0 Å². The van der Waals surface area contributed by atoms with Crippen LogP contribution in [0.3, 0.4) is 0 Å². The summed E-state index contributed by atoms with van der Waals surface area (Å²) < 4.78 is 15.5. The van der Waals surface area contributed by atoms with Crippen LogP contribution >= 0.6 is 0 Å². The van der Waals surface area contributed by atoms with Crippen molar-refractivity contribution in [3.05, 3.63) is 17.0 Å². The lowest BCUT2D eigenvalue weighted by Gasteiger charge is -2.12. The van der Waals surface area contributed by atoms with Crippen molar-refractivity contribution in [1.29, 1.82) is 0 Å². The second kappa shape index (κ2) is 9.03. The molecule has 0 bridgehead atoms. The normalized spacial score (nSPS) is 12.8. The highest BCUT2D eigenvalue weighted by atomic mass is 16.5. The van der Waals surface area contributed by atoms with Gasteiger partial charge >= 0.3 is 0 Å². The summed E-state index contributed by atoms with van der Waals surface area (Å²) in [5.74, 6) is 0.812. The highest BCUT2D eigenvalue weighted by Gasteiger charge is 2.09. The number of aliphatic hydroxyl groups excluding tert-OH is 1. The fourth-order valence-corrected chi connectivity index (χ4v) is 1.66. The number of hydrogen-bond acceptors (Lipinski definition) is 6. The van der Waals surface area contributed by atoms with E-state index in [1.807, 2.05) is 20.8 Å². The first kappa shape index (κ1) is 16.1. The van der Waals surface area contributed by atoms with Crippen LogP contribution in [0.4, 0.5) is 0 Å². The number of aryl methyl sites for hydroxylation is 2. The summed E-state index contributed by atoms with van der Waals surface area (Å²) in [5.41, 5.74) is 1.93.